The molecule has 0 aliphatic carbocycles. The highest BCUT2D eigenvalue weighted by Crippen LogP contribution is 2.13. The van der Waals surface area contributed by atoms with E-state index < -0.39 is 22.8 Å². The van der Waals surface area contributed by atoms with Crippen LogP contribution in [-0.2, 0) is 4.79 Å². The molecule has 0 radical (unpaired) electrons. The number of non-ortho nitro benzene ring substituents is 1. The highest BCUT2D eigenvalue weighted by molar-refractivity contribution is 5.97. The fourth-order valence-corrected chi connectivity index (χ4v) is 1.72. The Morgan fingerprint density at radius 1 is 1.40 bits per heavy atom. The lowest BCUT2D eigenvalue weighted by molar-refractivity contribution is -0.384. The normalized spacial score (nSPS) is 11.9. The SMILES string of the molecule is CC(C)C[C@@H](NC(=O)c1cccc([N+](=O)[O-])c1)C(N)=O. The summed E-state index contributed by atoms with van der Waals surface area (Å²) in [5.41, 5.74) is 5.16. The zero-order valence-electron chi connectivity index (χ0n) is 11.3. The summed E-state index contributed by atoms with van der Waals surface area (Å²) in [6, 6.07) is 4.51. The van der Waals surface area contributed by atoms with Crippen molar-refractivity contribution in [2.75, 3.05) is 0 Å². The lowest BCUT2D eigenvalue weighted by Crippen LogP contribution is -2.45. The van der Waals surface area contributed by atoms with E-state index in [1.165, 1.54) is 18.2 Å². The molecule has 0 spiro atoms. The summed E-state index contributed by atoms with van der Waals surface area (Å²) in [5.74, 6) is -1.01. The summed E-state index contributed by atoms with van der Waals surface area (Å²) >= 11 is 0. The zero-order chi connectivity index (χ0) is 15.3. The maximum absolute atomic E-state index is 12.0. The molecule has 0 unspecified atom stereocenters. The minimum Gasteiger partial charge on any atom is -0.368 e. The number of benzene rings is 1. The number of carbonyl (C=O) groups excluding carboxylic acids is 2. The molecule has 1 atom stereocenters. The fourth-order valence-electron chi connectivity index (χ4n) is 1.72. The molecule has 0 aliphatic rings. The van der Waals surface area contributed by atoms with Crippen LogP contribution < -0.4 is 11.1 Å². The van der Waals surface area contributed by atoms with Crippen molar-refractivity contribution in [1.29, 1.82) is 0 Å². The lowest BCUT2D eigenvalue weighted by Gasteiger charge is -2.17. The standard InChI is InChI=1S/C13H17N3O4/c1-8(2)6-11(12(14)17)15-13(18)9-4-3-5-10(7-9)16(19)20/h3-5,7-8,11H,6H2,1-2H3,(H2,14,17)(H,15,18)/t11-/m1/s1. The summed E-state index contributed by atoms with van der Waals surface area (Å²) in [6.45, 7) is 3.80. The second kappa shape index (κ2) is 6.65. The number of rotatable bonds is 6. The molecule has 7 heteroatoms. The van der Waals surface area contributed by atoms with Crippen molar-refractivity contribution in [3.8, 4) is 0 Å². The molecule has 1 aromatic rings. The Balaban J connectivity index is 2.86. The molecule has 0 aromatic heterocycles. The smallest absolute Gasteiger partial charge is 0.270 e. The predicted octanol–water partition coefficient (Wildman–Crippen LogP) is 1.22. The summed E-state index contributed by atoms with van der Waals surface area (Å²) in [5, 5.41) is 13.1. The molecule has 0 saturated carbocycles. The first kappa shape index (κ1) is 15.6. The molecule has 1 aromatic carbocycles. The van der Waals surface area contributed by atoms with Gasteiger partial charge in [-0.25, -0.2) is 0 Å². The Labute approximate surface area is 116 Å². The molecule has 0 aliphatic heterocycles. The lowest BCUT2D eigenvalue weighted by atomic mass is 10.0. The molecule has 0 fully saturated rings. The predicted molar refractivity (Wildman–Crippen MR) is 73.0 cm³/mol. The first-order chi connectivity index (χ1) is 9.31. The van der Waals surface area contributed by atoms with E-state index >= 15 is 0 Å². The number of primary amides is 1. The van der Waals surface area contributed by atoms with E-state index in [1.54, 1.807) is 0 Å². The Kier molecular flexibility index (Phi) is 5.19. The number of hydrogen-bond donors (Lipinski definition) is 2. The highest BCUT2D eigenvalue weighted by Gasteiger charge is 2.21. The number of nitrogens with two attached hydrogens (primary N) is 1. The number of amides is 2. The largest absolute Gasteiger partial charge is 0.368 e. The molecular weight excluding hydrogens is 262 g/mol. The van der Waals surface area contributed by atoms with E-state index in [9.17, 15) is 19.7 Å². The monoisotopic (exact) mass is 279 g/mol. The second-order valence-corrected chi connectivity index (χ2v) is 4.87. The molecule has 0 bridgehead atoms. The van der Waals surface area contributed by atoms with Crippen molar-refractivity contribution in [1.82, 2.24) is 5.32 Å². The number of nitro groups is 1. The van der Waals surface area contributed by atoms with Crippen LogP contribution in [0.2, 0.25) is 0 Å². The minimum absolute atomic E-state index is 0.120. The van der Waals surface area contributed by atoms with Gasteiger partial charge in [0.2, 0.25) is 5.91 Å². The van der Waals surface area contributed by atoms with E-state index in [0.29, 0.717) is 6.42 Å². The third-order valence-electron chi connectivity index (χ3n) is 2.68. The Morgan fingerprint density at radius 3 is 2.55 bits per heavy atom. The van der Waals surface area contributed by atoms with Gasteiger partial charge >= 0.3 is 0 Å². The van der Waals surface area contributed by atoms with Crippen molar-refractivity contribution < 1.29 is 14.5 Å². The number of carbonyl (C=O) groups is 2. The van der Waals surface area contributed by atoms with Gasteiger partial charge in [-0.15, -0.1) is 0 Å². The van der Waals surface area contributed by atoms with Gasteiger partial charge in [0.25, 0.3) is 11.6 Å². The minimum atomic E-state index is -0.790. The maximum atomic E-state index is 12.0. The Hall–Kier alpha value is -2.44. The van der Waals surface area contributed by atoms with Gasteiger partial charge in [-0.05, 0) is 18.4 Å². The van der Waals surface area contributed by atoms with E-state index in [-0.39, 0.29) is 17.2 Å². The highest BCUT2D eigenvalue weighted by atomic mass is 16.6. The fraction of sp³-hybridized carbons (Fsp3) is 0.385. The van der Waals surface area contributed by atoms with Crippen LogP contribution in [0.1, 0.15) is 30.6 Å². The molecule has 1 rings (SSSR count). The molecule has 20 heavy (non-hydrogen) atoms. The third kappa shape index (κ3) is 4.34. The van der Waals surface area contributed by atoms with Crippen molar-refractivity contribution >= 4 is 17.5 Å². The van der Waals surface area contributed by atoms with Gasteiger partial charge < -0.3 is 11.1 Å². The molecule has 3 N–H and O–H groups in total. The number of nitrogens with one attached hydrogen (secondary N) is 1. The van der Waals surface area contributed by atoms with Gasteiger partial charge in [-0.3, -0.25) is 19.7 Å². The summed E-state index contributed by atoms with van der Waals surface area (Å²) in [4.78, 5) is 33.3. The number of hydrogen-bond acceptors (Lipinski definition) is 4. The first-order valence-electron chi connectivity index (χ1n) is 6.16. The van der Waals surface area contributed by atoms with E-state index in [2.05, 4.69) is 5.32 Å². The molecule has 0 heterocycles. The zero-order valence-corrected chi connectivity index (χ0v) is 11.3. The van der Waals surface area contributed by atoms with Crippen molar-refractivity contribution in [2.45, 2.75) is 26.3 Å². The van der Waals surface area contributed by atoms with Crippen LogP contribution in [0.3, 0.4) is 0 Å². The summed E-state index contributed by atoms with van der Waals surface area (Å²) in [6.07, 6.45) is 0.413. The van der Waals surface area contributed by atoms with Crippen molar-refractivity contribution in [3.05, 3.63) is 39.9 Å². The average molecular weight is 279 g/mol. The molecular formula is C13H17N3O4. The third-order valence-corrected chi connectivity index (χ3v) is 2.68. The van der Waals surface area contributed by atoms with Crippen LogP contribution in [0.5, 0.6) is 0 Å². The van der Waals surface area contributed by atoms with Crippen LogP contribution in [-0.4, -0.2) is 22.8 Å². The van der Waals surface area contributed by atoms with Gasteiger partial charge in [0.05, 0.1) is 4.92 Å². The van der Waals surface area contributed by atoms with Crippen LogP contribution in [0.4, 0.5) is 5.69 Å². The number of nitrogens with zero attached hydrogens (tertiary/aromatic N) is 1. The quantitative estimate of drug-likeness (QED) is 0.601. The molecule has 108 valence electrons. The van der Waals surface area contributed by atoms with Crippen LogP contribution in [0, 0.1) is 16.0 Å². The van der Waals surface area contributed by atoms with Gasteiger partial charge in [0.1, 0.15) is 6.04 Å². The summed E-state index contributed by atoms with van der Waals surface area (Å²) < 4.78 is 0. The van der Waals surface area contributed by atoms with Crippen molar-refractivity contribution in [3.63, 3.8) is 0 Å². The van der Waals surface area contributed by atoms with E-state index in [1.807, 2.05) is 13.8 Å². The van der Waals surface area contributed by atoms with E-state index in [0.717, 1.165) is 6.07 Å². The van der Waals surface area contributed by atoms with Gasteiger partial charge in [-0.1, -0.05) is 19.9 Å². The topological polar surface area (TPSA) is 115 Å². The average Bonchev–Trinajstić information content (AvgIpc) is 2.37. The van der Waals surface area contributed by atoms with Crippen LogP contribution >= 0.6 is 0 Å². The molecule has 0 saturated heterocycles. The van der Waals surface area contributed by atoms with Gasteiger partial charge in [-0.2, -0.15) is 0 Å². The first-order valence-corrected chi connectivity index (χ1v) is 6.16. The Bertz CT molecular complexity index is 528. The van der Waals surface area contributed by atoms with Gasteiger partial charge in [0, 0.05) is 17.7 Å². The summed E-state index contributed by atoms with van der Waals surface area (Å²) in [7, 11) is 0. The maximum Gasteiger partial charge on any atom is 0.270 e. The van der Waals surface area contributed by atoms with E-state index in [4.69, 9.17) is 5.73 Å². The second-order valence-electron chi connectivity index (χ2n) is 4.87. The Morgan fingerprint density at radius 2 is 2.05 bits per heavy atom. The van der Waals surface area contributed by atoms with Crippen molar-refractivity contribution in [2.24, 2.45) is 11.7 Å². The van der Waals surface area contributed by atoms with Gasteiger partial charge in [0.15, 0.2) is 0 Å². The number of nitro benzene ring substituents is 1. The molecule has 2 amide bonds. The molecule has 7 nitrogen and oxygen atoms in total. The van der Waals surface area contributed by atoms with Crippen LogP contribution in [0.15, 0.2) is 24.3 Å². The van der Waals surface area contributed by atoms with Crippen LogP contribution in [0.25, 0.3) is 0 Å².